The summed E-state index contributed by atoms with van der Waals surface area (Å²) in [6, 6.07) is 7.39. The topological polar surface area (TPSA) is 32.6 Å². The summed E-state index contributed by atoms with van der Waals surface area (Å²) in [7, 11) is 0. The van der Waals surface area contributed by atoms with Crippen molar-refractivity contribution < 1.29 is 5.11 Å². The molecule has 1 aromatic rings. The summed E-state index contributed by atoms with van der Waals surface area (Å²) in [5.74, 6) is 0.321. The maximum Gasteiger partial charge on any atom is 0.123 e. The van der Waals surface area contributed by atoms with Crippen LogP contribution in [0.15, 0.2) is 47.0 Å². The lowest BCUT2D eigenvalue weighted by molar-refractivity contribution is 0.473. The maximum atomic E-state index is 9.81. The smallest absolute Gasteiger partial charge is 0.123 e. The van der Waals surface area contributed by atoms with E-state index in [-0.39, 0.29) is 0 Å². The van der Waals surface area contributed by atoms with Gasteiger partial charge in [-0.2, -0.15) is 0 Å². The fraction of sp³-hybridized carbons (Fsp3) is 0.214. The van der Waals surface area contributed by atoms with Crippen LogP contribution in [0.4, 0.5) is 0 Å². The van der Waals surface area contributed by atoms with Crippen molar-refractivity contribution in [1.82, 2.24) is 0 Å². The molecule has 1 aliphatic rings. The molecule has 0 radical (unpaired) electrons. The molecule has 1 heterocycles. The minimum absolute atomic E-state index is 0.321. The number of aliphatic imine (C=N–C) groups is 1. The van der Waals surface area contributed by atoms with Gasteiger partial charge in [-0.1, -0.05) is 30.4 Å². The largest absolute Gasteiger partial charge is 0.507 e. The monoisotopic (exact) mass is 213 g/mol. The predicted molar refractivity (Wildman–Crippen MR) is 67.8 cm³/mol. The number of phenols is 1. The molecule has 0 aliphatic carbocycles. The van der Waals surface area contributed by atoms with Gasteiger partial charge in [0.1, 0.15) is 5.75 Å². The number of hydrogen-bond donors (Lipinski definition) is 1. The van der Waals surface area contributed by atoms with Gasteiger partial charge in [-0.25, -0.2) is 0 Å². The SMILES string of the molecule is C=C(C)CC1=C(c2ccccc2O)CN=C1. The Bertz CT molecular complexity index is 483. The average molecular weight is 213 g/mol. The van der Waals surface area contributed by atoms with E-state index in [4.69, 9.17) is 0 Å². The van der Waals surface area contributed by atoms with Gasteiger partial charge in [0.2, 0.25) is 0 Å². The summed E-state index contributed by atoms with van der Waals surface area (Å²) >= 11 is 0. The first kappa shape index (κ1) is 10.7. The number of nitrogens with zero attached hydrogens (tertiary/aromatic N) is 1. The highest BCUT2D eigenvalue weighted by Crippen LogP contribution is 2.31. The molecule has 82 valence electrons. The van der Waals surface area contributed by atoms with Crippen molar-refractivity contribution in [3.63, 3.8) is 0 Å². The molecule has 0 bridgehead atoms. The molecule has 16 heavy (non-hydrogen) atoms. The van der Waals surface area contributed by atoms with Crippen molar-refractivity contribution >= 4 is 11.8 Å². The Morgan fingerprint density at radius 1 is 1.44 bits per heavy atom. The highest BCUT2D eigenvalue weighted by molar-refractivity contribution is 5.97. The molecule has 2 rings (SSSR count). The molecule has 2 nitrogen and oxygen atoms in total. The van der Waals surface area contributed by atoms with Crippen LogP contribution in [0.25, 0.3) is 5.57 Å². The molecule has 0 spiro atoms. The van der Waals surface area contributed by atoms with E-state index in [1.807, 2.05) is 31.3 Å². The summed E-state index contributed by atoms with van der Waals surface area (Å²) in [4.78, 5) is 4.27. The van der Waals surface area contributed by atoms with Crippen LogP contribution in [0.3, 0.4) is 0 Å². The lowest BCUT2D eigenvalue weighted by atomic mass is 9.97. The molecule has 2 heteroatoms. The van der Waals surface area contributed by atoms with E-state index in [1.54, 1.807) is 6.07 Å². The first-order chi connectivity index (χ1) is 7.68. The van der Waals surface area contributed by atoms with E-state index < -0.39 is 0 Å². The molecule has 0 aromatic heterocycles. The van der Waals surface area contributed by atoms with Crippen LogP contribution in [0, 0.1) is 0 Å². The standard InChI is InChI=1S/C14H15NO/c1-10(2)7-11-8-15-9-13(11)12-5-3-4-6-14(12)16/h3-6,8,16H,1,7,9H2,2H3. The van der Waals surface area contributed by atoms with Crippen molar-refractivity contribution in [1.29, 1.82) is 0 Å². The summed E-state index contributed by atoms with van der Waals surface area (Å²) in [5.41, 5.74) is 4.27. The summed E-state index contributed by atoms with van der Waals surface area (Å²) in [5, 5.41) is 9.81. The van der Waals surface area contributed by atoms with E-state index in [9.17, 15) is 5.11 Å². The Morgan fingerprint density at radius 3 is 2.88 bits per heavy atom. The van der Waals surface area contributed by atoms with Crippen LogP contribution in [-0.2, 0) is 0 Å². The maximum absolute atomic E-state index is 9.81. The Labute approximate surface area is 95.7 Å². The average Bonchev–Trinajstić information content (AvgIpc) is 2.66. The van der Waals surface area contributed by atoms with Crippen molar-refractivity contribution in [2.75, 3.05) is 6.54 Å². The fourth-order valence-electron chi connectivity index (χ4n) is 1.89. The van der Waals surface area contributed by atoms with E-state index in [2.05, 4.69) is 11.6 Å². The van der Waals surface area contributed by atoms with Crippen LogP contribution < -0.4 is 0 Å². The Morgan fingerprint density at radius 2 is 2.19 bits per heavy atom. The molecule has 1 aromatic carbocycles. The van der Waals surface area contributed by atoms with Crippen molar-refractivity contribution in [3.8, 4) is 5.75 Å². The van der Waals surface area contributed by atoms with Crippen molar-refractivity contribution in [3.05, 3.63) is 47.6 Å². The molecule has 0 unspecified atom stereocenters. The molecule has 1 aliphatic heterocycles. The molecule has 0 fully saturated rings. The quantitative estimate of drug-likeness (QED) is 0.768. The predicted octanol–water partition coefficient (Wildman–Crippen LogP) is 3.20. The zero-order valence-corrected chi connectivity index (χ0v) is 9.40. The first-order valence-corrected chi connectivity index (χ1v) is 5.33. The van der Waals surface area contributed by atoms with Gasteiger partial charge in [0.25, 0.3) is 0 Å². The van der Waals surface area contributed by atoms with Crippen molar-refractivity contribution in [2.45, 2.75) is 13.3 Å². The van der Waals surface area contributed by atoms with E-state index in [1.165, 1.54) is 0 Å². The molecule has 0 saturated carbocycles. The van der Waals surface area contributed by atoms with Crippen LogP contribution in [-0.4, -0.2) is 17.9 Å². The van der Waals surface area contributed by atoms with E-state index >= 15 is 0 Å². The van der Waals surface area contributed by atoms with Crippen LogP contribution in [0.2, 0.25) is 0 Å². The van der Waals surface area contributed by atoms with Crippen LogP contribution in [0.5, 0.6) is 5.75 Å². The molecule has 0 amide bonds. The van der Waals surface area contributed by atoms with E-state index in [0.29, 0.717) is 12.3 Å². The Balaban J connectivity index is 2.40. The minimum atomic E-state index is 0.321. The van der Waals surface area contributed by atoms with Gasteiger partial charge in [0, 0.05) is 11.8 Å². The second kappa shape index (κ2) is 4.35. The third-order valence-electron chi connectivity index (χ3n) is 2.61. The fourth-order valence-corrected chi connectivity index (χ4v) is 1.89. The van der Waals surface area contributed by atoms with Gasteiger partial charge in [-0.15, -0.1) is 0 Å². The Hall–Kier alpha value is -1.83. The lowest BCUT2D eigenvalue weighted by Crippen LogP contribution is -1.92. The summed E-state index contributed by atoms with van der Waals surface area (Å²) < 4.78 is 0. The normalized spacial score (nSPS) is 14.6. The third kappa shape index (κ3) is 2.06. The molecule has 1 N–H and O–H groups in total. The van der Waals surface area contributed by atoms with Gasteiger partial charge in [0.15, 0.2) is 0 Å². The first-order valence-electron chi connectivity index (χ1n) is 5.33. The highest BCUT2D eigenvalue weighted by Gasteiger charge is 2.14. The van der Waals surface area contributed by atoms with Crippen LogP contribution >= 0.6 is 0 Å². The zero-order chi connectivity index (χ0) is 11.5. The van der Waals surface area contributed by atoms with Gasteiger partial charge in [-0.3, -0.25) is 4.99 Å². The summed E-state index contributed by atoms with van der Waals surface area (Å²) in [6.07, 6.45) is 2.71. The number of para-hydroxylation sites is 1. The number of allylic oxidation sites excluding steroid dienone is 2. The van der Waals surface area contributed by atoms with Gasteiger partial charge >= 0.3 is 0 Å². The number of aromatic hydroxyl groups is 1. The number of rotatable bonds is 3. The molecular weight excluding hydrogens is 198 g/mol. The van der Waals surface area contributed by atoms with E-state index in [0.717, 1.165) is 28.7 Å². The lowest BCUT2D eigenvalue weighted by Gasteiger charge is -2.08. The number of benzene rings is 1. The molecule has 0 saturated heterocycles. The van der Waals surface area contributed by atoms with Gasteiger partial charge < -0.3 is 5.11 Å². The van der Waals surface area contributed by atoms with Crippen molar-refractivity contribution in [2.24, 2.45) is 4.99 Å². The summed E-state index contributed by atoms with van der Waals surface area (Å²) in [6.45, 7) is 6.57. The third-order valence-corrected chi connectivity index (χ3v) is 2.61. The number of phenolic OH excluding ortho intramolecular Hbond substituents is 1. The highest BCUT2D eigenvalue weighted by atomic mass is 16.3. The number of hydrogen-bond acceptors (Lipinski definition) is 2. The molecule has 0 atom stereocenters. The van der Waals surface area contributed by atoms with Gasteiger partial charge in [-0.05, 0) is 30.6 Å². The van der Waals surface area contributed by atoms with Gasteiger partial charge in [0.05, 0.1) is 6.54 Å². The molecular formula is C14H15NO. The second-order valence-electron chi connectivity index (χ2n) is 4.12. The van der Waals surface area contributed by atoms with Crippen LogP contribution in [0.1, 0.15) is 18.9 Å². The Kier molecular flexibility index (Phi) is 2.91. The zero-order valence-electron chi connectivity index (χ0n) is 9.40. The minimum Gasteiger partial charge on any atom is -0.507 e. The second-order valence-corrected chi connectivity index (χ2v) is 4.12.